The third-order valence-corrected chi connectivity index (χ3v) is 6.87. The third-order valence-electron chi connectivity index (χ3n) is 4.84. The van der Waals surface area contributed by atoms with E-state index >= 15 is 0 Å². The van der Waals surface area contributed by atoms with Crippen LogP contribution in [0.25, 0.3) is 11.7 Å². The molecule has 8 nitrogen and oxygen atoms in total. The standard InChI is InChI=1S/C21H25N3O5S/c1-13(2)24(5)30(26,27)16-9-8-14(3)17(11-16)22-20(25)12-18-15(4)29-21(23-18)19-7-6-10-28-19/h6-11,13H,12H2,1-5H3,(H,22,25). The summed E-state index contributed by atoms with van der Waals surface area (Å²) in [6.07, 6.45) is 1.50. The molecule has 0 saturated heterocycles. The van der Waals surface area contributed by atoms with Crippen LogP contribution in [-0.2, 0) is 21.2 Å². The van der Waals surface area contributed by atoms with E-state index in [0.29, 0.717) is 28.8 Å². The first-order valence-corrected chi connectivity index (χ1v) is 10.9. The SMILES string of the molecule is Cc1ccc(S(=O)(=O)N(C)C(C)C)cc1NC(=O)Cc1nc(-c2ccco2)oc1C. The van der Waals surface area contributed by atoms with E-state index < -0.39 is 10.0 Å². The molecule has 0 saturated carbocycles. The van der Waals surface area contributed by atoms with Crippen molar-refractivity contribution < 1.29 is 22.0 Å². The molecule has 1 aromatic carbocycles. The molecule has 0 aliphatic heterocycles. The molecule has 0 aliphatic carbocycles. The smallest absolute Gasteiger partial charge is 0.263 e. The number of benzene rings is 1. The molecule has 2 aromatic heterocycles. The topological polar surface area (TPSA) is 106 Å². The number of nitrogens with zero attached hydrogens (tertiary/aromatic N) is 2. The highest BCUT2D eigenvalue weighted by Crippen LogP contribution is 2.25. The van der Waals surface area contributed by atoms with Gasteiger partial charge in [0.2, 0.25) is 15.9 Å². The first-order valence-electron chi connectivity index (χ1n) is 9.48. The summed E-state index contributed by atoms with van der Waals surface area (Å²) in [5.74, 6) is 0.976. The van der Waals surface area contributed by atoms with Crippen LogP contribution in [0.5, 0.6) is 0 Å². The van der Waals surface area contributed by atoms with Gasteiger partial charge in [-0.25, -0.2) is 13.4 Å². The lowest BCUT2D eigenvalue weighted by atomic mass is 10.2. The fourth-order valence-electron chi connectivity index (χ4n) is 2.78. The minimum atomic E-state index is -3.66. The summed E-state index contributed by atoms with van der Waals surface area (Å²) < 4.78 is 37.6. The van der Waals surface area contributed by atoms with E-state index in [1.165, 1.54) is 29.7 Å². The first kappa shape index (κ1) is 21.8. The van der Waals surface area contributed by atoms with Crippen molar-refractivity contribution in [1.82, 2.24) is 9.29 Å². The normalized spacial score (nSPS) is 12.0. The Balaban J connectivity index is 1.79. The third kappa shape index (κ3) is 4.47. The number of aromatic nitrogens is 1. The number of sulfonamides is 1. The van der Waals surface area contributed by atoms with Crippen molar-refractivity contribution in [2.24, 2.45) is 0 Å². The van der Waals surface area contributed by atoms with E-state index in [-0.39, 0.29) is 23.3 Å². The number of hydrogen-bond acceptors (Lipinski definition) is 6. The average molecular weight is 432 g/mol. The van der Waals surface area contributed by atoms with E-state index in [1.54, 1.807) is 45.9 Å². The molecular formula is C21H25N3O5S. The number of nitrogens with one attached hydrogen (secondary N) is 1. The van der Waals surface area contributed by atoms with Crippen LogP contribution < -0.4 is 5.32 Å². The second-order valence-corrected chi connectivity index (χ2v) is 9.31. The van der Waals surface area contributed by atoms with Gasteiger partial charge in [-0.3, -0.25) is 4.79 Å². The second-order valence-electron chi connectivity index (χ2n) is 7.32. The van der Waals surface area contributed by atoms with Crippen LogP contribution in [0.3, 0.4) is 0 Å². The van der Waals surface area contributed by atoms with Gasteiger partial charge in [0.1, 0.15) is 5.76 Å². The fourth-order valence-corrected chi connectivity index (χ4v) is 4.18. The van der Waals surface area contributed by atoms with Crippen molar-refractivity contribution in [3.8, 4) is 11.7 Å². The monoisotopic (exact) mass is 431 g/mol. The van der Waals surface area contributed by atoms with E-state index in [1.807, 2.05) is 0 Å². The van der Waals surface area contributed by atoms with Gasteiger partial charge in [-0.15, -0.1) is 0 Å². The van der Waals surface area contributed by atoms with Crippen LogP contribution in [0.1, 0.15) is 30.9 Å². The quantitative estimate of drug-likeness (QED) is 0.611. The number of oxazole rings is 1. The van der Waals surface area contributed by atoms with Gasteiger partial charge in [0.25, 0.3) is 5.89 Å². The predicted molar refractivity (Wildman–Crippen MR) is 113 cm³/mol. The summed E-state index contributed by atoms with van der Waals surface area (Å²) in [6.45, 7) is 7.12. The van der Waals surface area contributed by atoms with Gasteiger partial charge in [-0.05, 0) is 57.5 Å². The summed E-state index contributed by atoms with van der Waals surface area (Å²) in [5, 5.41) is 2.78. The minimum absolute atomic E-state index is 0.0155. The van der Waals surface area contributed by atoms with E-state index in [4.69, 9.17) is 8.83 Å². The zero-order valence-corrected chi connectivity index (χ0v) is 18.4. The molecule has 0 atom stereocenters. The predicted octanol–water partition coefficient (Wildman–Crippen LogP) is 3.76. The van der Waals surface area contributed by atoms with Gasteiger partial charge in [0.15, 0.2) is 5.76 Å². The second kappa shape index (κ2) is 8.45. The summed E-state index contributed by atoms with van der Waals surface area (Å²) in [7, 11) is -2.13. The maximum absolute atomic E-state index is 12.8. The molecule has 0 spiro atoms. The lowest BCUT2D eigenvalue weighted by molar-refractivity contribution is -0.115. The molecule has 9 heteroatoms. The summed E-state index contributed by atoms with van der Waals surface area (Å²) in [4.78, 5) is 17.1. The van der Waals surface area contributed by atoms with E-state index in [2.05, 4.69) is 10.3 Å². The first-order chi connectivity index (χ1) is 14.1. The lowest BCUT2D eigenvalue weighted by Crippen LogP contribution is -2.33. The fraction of sp³-hybridized carbons (Fsp3) is 0.333. The lowest BCUT2D eigenvalue weighted by Gasteiger charge is -2.21. The zero-order chi connectivity index (χ0) is 22.1. The van der Waals surface area contributed by atoms with Crippen LogP contribution in [0, 0.1) is 13.8 Å². The minimum Gasteiger partial charge on any atom is -0.459 e. The Hall–Kier alpha value is -2.91. The van der Waals surface area contributed by atoms with Crippen molar-refractivity contribution >= 4 is 21.6 Å². The number of rotatable bonds is 7. The van der Waals surface area contributed by atoms with Gasteiger partial charge >= 0.3 is 0 Å². The van der Waals surface area contributed by atoms with Crippen LogP contribution in [0.4, 0.5) is 5.69 Å². The Morgan fingerprint density at radius 1 is 1.23 bits per heavy atom. The van der Waals surface area contributed by atoms with E-state index in [9.17, 15) is 13.2 Å². The van der Waals surface area contributed by atoms with Crippen molar-refractivity contribution in [2.75, 3.05) is 12.4 Å². The van der Waals surface area contributed by atoms with Crippen LogP contribution >= 0.6 is 0 Å². The number of carbonyl (C=O) groups excluding carboxylic acids is 1. The van der Waals surface area contributed by atoms with E-state index in [0.717, 1.165) is 5.56 Å². The van der Waals surface area contributed by atoms with Crippen molar-refractivity contribution in [1.29, 1.82) is 0 Å². The average Bonchev–Trinajstić information content (AvgIpc) is 3.33. The van der Waals surface area contributed by atoms with Gasteiger partial charge in [0, 0.05) is 18.8 Å². The molecule has 0 radical (unpaired) electrons. The Morgan fingerprint density at radius 3 is 2.60 bits per heavy atom. The summed E-state index contributed by atoms with van der Waals surface area (Å²) >= 11 is 0. The van der Waals surface area contributed by atoms with Crippen LogP contribution in [0.2, 0.25) is 0 Å². The number of hydrogen-bond donors (Lipinski definition) is 1. The summed E-state index contributed by atoms with van der Waals surface area (Å²) in [6, 6.07) is 7.95. The Labute approximate surface area is 176 Å². The molecule has 0 bridgehead atoms. The highest BCUT2D eigenvalue weighted by Gasteiger charge is 2.24. The molecular weight excluding hydrogens is 406 g/mol. The highest BCUT2D eigenvalue weighted by atomic mass is 32.2. The molecule has 0 aliphatic rings. The van der Waals surface area contributed by atoms with Crippen LogP contribution in [0.15, 0.2) is 50.3 Å². The molecule has 0 fully saturated rings. The van der Waals surface area contributed by atoms with Crippen molar-refractivity contribution in [2.45, 2.75) is 45.1 Å². The van der Waals surface area contributed by atoms with Gasteiger partial charge in [-0.2, -0.15) is 4.31 Å². The largest absolute Gasteiger partial charge is 0.459 e. The summed E-state index contributed by atoms with van der Waals surface area (Å²) in [5.41, 5.74) is 1.67. The highest BCUT2D eigenvalue weighted by molar-refractivity contribution is 7.89. The van der Waals surface area contributed by atoms with Gasteiger partial charge in [-0.1, -0.05) is 6.07 Å². The van der Waals surface area contributed by atoms with Gasteiger partial charge in [0.05, 0.1) is 23.3 Å². The molecule has 160 valence electrons. The maximum Gasteiger partial charge on any atom is 0.263 e. The molecule has 0 unspecified atom stereocenters. The number of anilines is 1. The zero-order valence-electron chi connectivity index (χ0n) is 17.6. The van der Waals surface area contributed by atoms with Gasteiger partial charge < -0.3 is 14.2 Å². The number of furan rings is 1. The molecule has 30 heavy (non-hydrogen) atoms. The number of carbonyl (C=O) groups is 1. The maximum atomic E-state index is 12.8. The van der Waals surface area contributed by atoms with Crippen molar-refractivity contribution in [3.05, 3.63) is 53.6 Å². The molecule has 1 N–H and O–H groups in total. The Kier molecular flexibility index (Phi) is 6.14. The van der Waals surface area contributed by atoms with Crippen molar-refractivity contribution in [3.63, 3.8) is 0 Å². The molecule has 3 rings (SSSR count). The Morgan fingerprint density at radius 2 is 1.97 bits per heavy atom. The Bertz CT molecular complexity index is 1150. The molecule has 1 amide bonds. The number of amides is 1. The number of aryl methyl sites for hydroxylation is 2. The molecule has 2 heterocycles. The molecule has 3 aromatic rings. The van der Waals surface area contributed by atoms with Crippen LogP contribution in [-0.4, -0.2) is 36.7 Å².